The fourth-order valence-electron chi connectivity index (χ4n) is 5.04. The summed E-state index contributed by atoms with van der Waals surface area (Å²) in [6, 6.07) is 2.02. The molecule has 0 aromatic carbocycles. The zero-order valence-corrected chi connectivity index (χ0v) is 15.2. The molecule has 1 spiro atoms. The Morgan fingerprint density at radius 3 is 2.62 bits per heavy atom. The number of carbonyl (C=O) groups excluding carboxylic acids is 1. The predicted octanol–water partition coefficient (Wildman–Crippen LogP) is 2.04. The minimum Gasteiger partial charge on any atom is -0.481 e. The summed E-state index contributed by atoms with van der Waals surface area (Å²) < 4.78 is 0. The molecule has 3 aliphatic rings. The highest BCUT2D eigenvalue weighted by molar-refractivity contribution is 5.88. The number of carboxylic acids is 1. The quantitative estimate of drug-likeness (QED) is 0.890. The summed E-state index contributed by atoms with van der Waals surface area (Å²) in [5.74, 6) is -0.264. The van der Waals surface area contributed by atoms with Gasteiger partial charge in [0.2, 0.25) is 11.9 Å². The van der Waals surface area contributed by atoms with Crippen LogP contribution in [0.5, 0.6) is 0 Å². The van der Waals surface area contributed by atoms with Gasteiger partial charge >= 0.3 is 5.97 Å². The lowest BCUT2D eigenvalue weighted by atomic mass is 9.77. The van der Waals surface area contributed by atoms with Crippen LogP contribution in [0.2, 0.25) is 0 Å². The average Bonchev–Trinajstić information content (AvgIpc) is 3.27. The first kappa shape index (κ1) is 17.2. The maximum Gasteiger partial charge on any atom is 0.309 e. The molecule has 26 heavy (non-hydrogen) atoms. The summed E-state index contributed by atoms with van der Waals surface area (Å²) >= 11 is 0. The van der Waals surface area contributed by atoms with Crippen molar-refractivity contribution in [3.63, 3.8) is 0 Å². The van der Waals surface area contributed by atoms with Crippen molar-refractivity contribution in [1.82, 2.24) is 14.9 Å². The van der Waals surface area contributed by atoms with Gasteiger partial charge in [0.1, 0.15) is 0 Å². The molecule has 1 aromatic heterocycles. The number of hydrogen-bond acceptors (Lipinski definition) is 5. The van der Waals surface area contributed by atoms with Gasteiger partial charge in [0.25, 0.3) is 0 Å². The van der Waals surface area contributed by atoms with E-state index >= 15 is 0 Å². The van der Waals surface area contributed by atoms with Gasteiger partial charge in [0.15, 0.2) is 0 Å². The molecular weight excluding hydrogens is 332 g/mol. The lowest BCUT2D eigenvalue weighted by Crippen LogP contribution is -2.56. The van der Waals surface area contributed by atoms with Gasteiger partial charge in [-0.15, -0.1) is 0 Å². The van der Waals surface area contributed by atoms with E-state index in [0.29, 0.717) is 31.8 Å². The molecule has 140 valence electrons. The Hall–Kier alpha value is -2.18. The van der Waals surface area contributed by atoms with E-state index in [1.165, 1.54) is 25.7 Å². The summed E-state index contributed by atoms with van der Waals surface area (Å²) in [5.41, 5.74) is 0.562. The third-order valence-corrected chi connectivity index (χ3v) is 6.72. The molecule has 1 aliphatic carbocycles. The molecule has 3 fully saturated rings. The number of hydrogen-bond donors (Lipinski definition) is 1. The maximum atomic E-state index is 12.1. The van der Waals surface area contributed by atoms with Gasteiger partial charge in [0, 0.05) is 44.4 Å². The van der Waals surface area contributed by atoms with Crippen LogP contribution < -0.4 is 4.90 Å². The molecule has 7 nitrogen and oxygen atoms in total. The van der Waals surface area contributed by atoms with E-state index in [1.807, 2.05) is 12.3 Å². The summed E-state index contributed by atoms with van der Waals surface area (Å²) in [5, 5.41) is 9.59. The minimum atomic E-state index is -0.865. The third kappa shape index (κ3) is 2.73. The fraction of sp³-hybridized carbons (Fsp3) is 0.684. The molecule has 2 aliphatic heterocycles. The number of carboxylic acid groups (broad SMARTS) is 1. The Kier molecular flexibility index (Phi) is 4.32. The maximum absolute atomic E-state index is 12.1. The van der Waals surface area contributed by atoms with Crippen LogP contribution in [0.3, 0.4) is 0 Å². The topological polar surface area (TPSA) is 86.6 Å². The number of carbonyl (C=O) groups is 2. The van der Waals surface area contributed by atoms with Crippen molar-refractivity contribution in [2.75, 3.05) is 25.0 Å². The molecule has 4 rings (SSSR count). The Bertz CT molecular complexity index is 708. The van der Waals surface area contributed by atoms with Crippen LogP contribution >= 0.6 is 0 Å². The molecule has 1 amide bonds. The Labute approximate surface area is 153 Å². The Morgan fingerprint density at radius 2 is 1.96 bits per heavy atom. The van der Waals surface area contributed by atoms with Crippen molar-refractivity contribution in [2.24, 2.45) is 5.92 Å². The van der Waals surface area contributed by atoms with Crippen LogP contribution in [0, 0.1) is 5.92 Å². The predicted molar refractivity (Wildman–Crippen MR) is 95.9 cm³/mol. The van der Waals surface area contributed by atoms with E-state index in [1.54, 1.807) is 11.9 Å². The standard InChI is InChI=1S/C19H26N4O3/c1-22-16(24)12-14(17(25)26)19(22)7-10-23(11-8-19)18-20-9-6-15(21-18)13-4-2-3-5-13/h6,9,13-14H,2-5,7-8,10-12H2,1H3,(H,25,26). The average molecular weight is 358 g/mol. The molecule has 1 saturated carbocycles. The van der Waals surface area contributed by atoms with Crippen LogP contribution in [0.4, 0.5) is 5.95 Å². The van der Waals surface area contributed by atoms with Gasteiger partial charge in [-0.3, -0.25) is 9.59 Å². The van der Waals surface area contributed by atoms with Crippen molar-refractivity contribution in [1.29, 1.82) is 0 Å². The van der Waals surface area contributed by atoms with Gasteiger partial charge in [-0.05, 0) is 31.7 Å². The molecule has 1 atom stereocenters. The highest BCUT2D eigenvalue weighted by Gasteiger charge is 2.55. The molecule has 1 unspecified atom stereocenters. The molecule has 1 aromatic rings. The van der Waals surface area contributed by atoms with Crippen LogP contribution in [0.25, 0.3) is 0 Å². The molecule has 7 heteroatoms. The second-order valence-electron chi connectivity index (χ2n) is 7.90. The number of nitrogens with zero attached hydrogens (tertiary/aromatic N) is 4. The summed E-state index contributed by atoms with van der Waals surface area (Å²) in [4.78, 5) is 36.9. The molecule has 0 radical (unpaired) electrons. The van der Waals surface area contributed by atoms with Crippen LogP contribution in [0.1, 0.15) is 56.6 Å². The summed E-state index contributed by atoms with van der Waals surface area (Å²) in [6.07, 6.45) is 8.18. The van der Waals surface area contributed by atoms with Gasteiger partial charge in [-0.1, -0.05) is 12.8 Å². The number of rotatable bonds is 3. The molecule has 1 N–H and O–H groups in total. The first-order valence-electron chi connectivity index (χ1n) is 9.58. The highest BCUT2D eigenvalue weighted by atomic mass is 16.4. The lowest BCUT2D eigenvalue weighted by Gasteiger charge is -2.45. The van der Waals surface area contributed by atoms with Crippen molar-refractivity contribution >= 4 is 17.8 Å². The minimum absolute atomic E-state index is 0.0645. The van der Waals surface area contributed by atoms with E-state index in [2.05, 4.69) is 9.88 Å². The zero-order chi connectivity index (χ0) is 18.3. The first-order valence-corrected chi connectivity index (χ1v) is 9.58. The monoisotopic (exact) mass is 358 g/mol. The van der Waals surface area contributed by atoms with Crippen molar-refractivity contribution in [2.45, 2.75) is 56.4 Å². The number of aliphatic carboxylic acids is 1. The van der Waals surface area contributed by atoms with Crippen LogP contribution in [0.15, 0.2) is 12.3 Å². The van der Waals surface area contributed by atoms with Crippen molar-refractivity contribution < 1.29 is 14.7 Å². The summed E-state index contributed by atoms with van der Waals surface area (Å²) in [7, 11) is 1.75. The van der Waals surface area contributed by atoms with Gasteiger partial charge in [0.05, 0.1) is 11.5 Å². The second-order valence-corrected chi connectivity index (χ2v) is 7.90. The van der Waals surface area contributed by atoms with Gasteiger partial charge < -0.3 is 14.9 Å². The number of aromatic nitrogens is 2. The van der Waals surface area contributed by atoms with E-state index in [0.717, 1.165) is 11.6 Å². The second kappa shape index (κ2) is 6.52. The van der Waals surface area contributed by atoms with Crippen LogP contribution in [-0.2, 0) is 9.59 Å². The number of likely N-dealkylation sites (tertiary alicyclic amines) is 1. The largest absolute Gasteiger partial charge is 0.481 e. The van der Waals surface area contributed by atoms with Crippen LogP contribution in [-0.4, -0.2) is 57.5 Å². The normalized spacial score (nSPS) is 26.0. The zero-order valence-electron chi connectivity index (χ0n) is 15.2. The van der Waals surface area contributed by atoms with Gasteiger partial charge in [-0.25, -0.2) is 9.97 Å². The molecular formula is C19H26N4O3. The fourth-order valence-corrected chi connectivity index (χ4v) is 5.04. The Morgan fingerprint density at radius 1 is 1.27 bits per heavy atom. The molecule has 0 bridgehead atoms. The first-order chi connectivity index (χ1) is 12.5. The van der Waals surface area contributed by atoms with E-state index in [4.69, 9.17) is 4.98 Å². The van der Waals surface area contributed by atoms with E-state index in [9.17, 15) is 14.7 Å². The number of amides is 1. The van der Waals surface area contributed by atoms with E-state index in [-0.39, 0.29) is 12.3 Å². The van der Waals surface area contributed by atoms with Crippen molar-refractivity contribution in [3.05, 3.63) is 18.0 Å². The SMILES string of the molecule is CN1C(=O)CC(C(=O)O)C12CCN(c1nccc(C3CCCC3)n1)CC2. The lowest BCUT2D eigenvalue weighted by molar-refractivity contribution is -0.145. The molecule has 2 saturated heterocycles. The number of piperidine rings is 1. The number of anilines is 1. The van der Waals surface area contributed by atoms with Gasteiger partial charge in [-0.2, -0.15) is 0 Å². The molecule has 3 heterocycles. The highest BCUT2D eigenvalue weighted by Crippen LogP contribution is 2.43. The van der Waals surface area contributed by atoms with E-state index < -0.39 is 17.4 Å². The third-order valence-electron chi connectivity index (χ3n) is 6.72. The Balaban J connectivity index is 1.51. The van der Waals surface area contributed by atoms with Crippen molar-refractivity contribution in [3.8, 4) is 0 Å². The summed E-state index contributed by atoms with van der Waals surface area (Å²) in [6.45, 7) is 1.35. The smallest absolute Gasteiger partial charge is 0.309 e.